The van der Waals surface area contributed by atoms with E-state index in [9.17, 15) is 28.5 Å². The van der Waals surface area contributed by atoms with Crippen molar-refractivity contribution in [2.24, 2.45) is 0 Å². The molecule has 17 nitrogen and oxygen atoms in total. The average Bonchev–Trinajstić information content (AvgIpc) is 2.97. The predicted octanol–water partition coefficient (Wildman–Crippen LogP) is -1.84. The number of rotatable bonds is 8. The predicted molar refractivity (Wildman–Crippen MR) is 101 cm³/mol. The monoisotopic (exact) mass is 521 g/mol. The second-order valence-electron chi connectivity index (χ2n) is 6.01. The van der Waals surface area contributed by atoms with E-state index in [-0.39, 0.29) is 17.8 Å². The Balaban J connectivity index is 2.08. The summed E-state index contributed by atoms with van der Waals surface area (Å²) in [6.45, 7) is -1.39. The smallest absolute Gasteiger partial charge is 0.390 e. The van der Waals surface area contributed by atoms with Gasteiger partial charge in [-0.25, -0.2) is 18.5 Å². The van der Waals surface area contributed by atoms with Crippen LogP contribution < -0.4 is 11.4 Å². The quantitative estimate of drug-likeness (QED) is 0.146. The summed E-state index contributed by atoms with van der Waals surface area (Å²) in [5.74, 6) is 4.57. The second-order valence-corrected chi connectivity index (χ2v) is 10.4. The summed E-state index contributed by atoms with van der Waals surface area (Å²) in [5, 5.41) is 18.9. The van der Waals surface area contributed by atoms with Gasteiger partial charge in [-0.1, -0.05) is 11.8 Å². The minimum atomic E-state index is -5.70. The normalized spacial score (nSPS) is 24.9. The van der Waals surface area contributed by atoms with E-state index >= 15 is 0 Å². The van der Waals surface area contributed by atoms with Gasteiger partial charge in [0.25, 0.3) is 0 Å². The first-order chi connectivity index (χ1) is 14.6. The summed E-state index contributed by atoms with van der Waals surface area (Å²) < 4.78 is 51.5. The SMILES string of the molecule is Nc1nc(=O)n([C@H]2C[C@H](O)[C@@H](COP(=O)(O)OP(=O)(O)OP(=O)(O)O)O2)cc1C#CCO. The molecular formula is C12H18N3O14P3. The summed E-state index contributed by atoms with van der Waals surface area (Å²) in [5.41, 5.74) is 4.78. The summed E-state index contributed by atoms with van der Waals surface area (Å²) in [6.07, 6.45) is -2.90. The average molecular weight is 521 g/mol. The fourth-order valence-electron chi connectivity index (χ4n) is 2.43. The van der Waals surface area contributed by atoms with Crippen molar-refractivity contribution in [1.82, 2.24) is 9.55 Å². The molecule has 2 unspecified atom stereocenters. The lowest BCUT2D eigenvalue weighted by Crippen LogP contribution is -2.29. The molecule has 0 aromatic carbocycles. The van der Waals surface area contributed by atoms with Crippen LogP contribution in [-0.4, -0.2) is 64.8 Å². The number of nitrogen functional groups attached to an aromatic ring is 1. The molecule has 0 bridgehead atoms. The fourth-order valence-corrected chi connectivity index (χ4v) is 5.46. The molecule has 2 heterocycles. The molecule has 1 aliphatic heterocycles. The zero-order valence-electron chi connectivity index (χ0n) is 15.7. The van der Waals surface area contributed by atoms with E-state index in [1.165, 1.54) is 0 Å². The first-order valence-electron chi connectivity index (χ1n) is 8.23. The Labute approximate surface area is 178 Å². The minimum absolute atomic E-state index is 0.0773. The van der Waals surface area contributed by atoms with Gasteiger partial charge in [0.2, 0.25) is 0 Å². The molecule has 0 saturated carbocycles. The van der Waals surface area contributed by atoms with Gasteiger partial charge in [0.1, 0.15) is 24.8 Å². The topological polar surface area (TPSA) is 270 Å². The molecule has 1 fully saturated rings. The molecule has 2 rings (SSSR count). The fraction of sp³-hybridized carbons (Fsp3) is 0.500. The Hall–Kier alpha value is -1.47. The summed E-state index contributed by atoms with van der Waals surface area (Å²) >= 11 is 0. The van der Waals surface area contributed by atoms with Gasteiger partial charge in [0, 0.05) is 12.6 Å². The van der Waals surface area contributed by atoms with E-state index in [0.29, 0.717) is 0 Å². The first kappa shape index (κ1) is 26.8. The van der Waals surface area contributed by atoms with Crippen molar-refractivity contribution < 1.29 is 61.4 Å². The van der Waals surface area contributed by atoms with Crippen LogP contribution in [0.15, 0.2) is 11.0 Å². The van der Waals surface area contributed by atoms with Crippen molar-refractivity contribution in [1.29, 1.82) is 0 Å². The summed E-state index contributed by atoms with van der Waals surface area (Å²) in [7, 11) is -16.7. The van der Waals surface area contributed by atoms with Crippen molar-refractivity contribution in [3.8, 4) is 11.8 Å². The molecule has 20 heteroatoms. The van der Waals surface area contributed by atoms with Crippen LogP contribution >= 0.6 is 23.5 Å². The largest absolute Gasteiger partial charge is 0.490 e. The van der Waals surface area contributed by atoms with Gasteiger partial charge in [-0.3, -0.25) is 9.09 Å². The lowest BCUT2D eigenvalue weighted by Gasteiger charge is -2.19. The maximum absolute atomic E-state index is 12.1. The van der Waals surface area contributed by atoms with Crippen molar-refractivity contribution in [3.05, 3.63) is 22.2 Å². The highest BCUT2D eigenvalue weighted by atomic mass is 31.3. The van der Waals surface area contributed by atoms with Gasteiger partial charge in [-0.15, -0.1) is 0 Å². The molecule has 0 radical (unpaired) electrons. The lowest BCUT2D eigenvalue weighted by atomic mass is 10.2. The lowest BCUT2D eigenvalue weighted by molar-refractivity contribution is -0.0449. The molecule has 1 aliphatic rings. The van der Waals surface area contributed by atoms with Gasteiger partial charge >= 0.3 is 29.2 Å². The highest BCUT2D eigenvalue weighted by Crippen LogP contribution is 2.66. The van der Waals surface area contributed by atoms with Crippen LogP contribution in [0, 0.1) is 11.8 Å². The first-order valence-corrected chi connectivity index (χ1v) is 12.7. The number of aliphatic hydroxyl groups is 2. The third-order valence-corrected chi connectivity index (χ3v) is 7.42. The summed E-state index contributed by atoms with van der Waals surface area (Å²) in [4.78, 5) is 51.2. The van der Waals surface area contributed by atoms with Crippen LogP contribution in [0.25, 0.3) is 0 Å². The number of hydrogen-bond acceptors (Lipinski definition) is 12. The third-order valence-electron chi connectivity index (χ3n) is 3.62. The van der Waals surface area contributed by atoms with E-state index in [0.717, 1.165) is 10.8 Å². The van der Waals surface area contributed by atoms with Crippen LogP contribution in [0.4, 0.5) is 5.82 Å². The van der Waals surface area contributed by atoms with Gasteiger partial charge in [0.15, 0.2) is 0 Å². The van der Waals surface area contributed by atoms with Crippen LogP contribution in [0.3, 0.4) is 0 Å². The number of ether oxygens (including phenoxy) is 1. The molecule has 5 atom stereocenters. The van der Waals surface area contributed by atoms with Crippen molar-refractivity contribution in [2.45, 2.75) is 24.9 Å². The van der Waals surface area contributed by atoms with Crippen LogP contribution in [0.5, 0.6) is 0 Å². The number of nitrogens with zero attached hydrogens (tertiary/aromatic N) is 2. The number of phosphoric acid groups is 3. The van der Waals surface area contributed by atoms with E-state index in [1.54, 1.807) is 0 Å². The number of aliphatic hydroxyl groups excluding tert-OH is 2. The van der Waals surface area contributed by atoms with E-state index in [4.69, 9.17) is 30.3 Å². The molecule has 0 aliphatic carbocycles. The number of anilines is 1. The molecule has 180 valence electrons. The Morgan fingerprint density at radius 3 is 2.47 bits per heavy atom. The number of aromatic nitrogens is 2. The van der Waals surface area contributed by atoms with Crippen molar-refractivity contribution >= 4 is 29.3 Å². The highest BCUT2D eigenvalue weighted by Gasteiger charge is 2.43. The second kappa shape index (κ2) is 10.2. The van der Waals surface area contributed by atoms with Gasteiger partial charge in [-0.2, -0.15) is 13.6 Å². The maximum Gasteiger partial charge on any atom is 0.490 e. The Morgan fingerprint density at radius 2 is 1.88 bits per heavy atom. The highest BCUT2D eigenvalue weighted by molar-refractivity contribution is 7.66. The number of nitrogens with two attached hydrogens (primary N) is 1. The van der Waals surface area contributed by atoms with Crippen molar-refractivity contribution in [3.63, 3.8) is 0 Å². The van der Waals surface area contributed by atoms with Crippen molar-refractivity contribution in [2.75, 3.05) is 18.9 Å². The van der Waals surface area contributed by atoms with E-state index in [2.05, 4.69) is 30.0 Å². The molecule has 32 heavy (non-hydrogen) atoms. The number of phosphoric ester groups is 1. The number of hydrogen-bond donors (Lipinski definition) is 7. The minimum Gasteiger partial charge on any atom is -0.390 e. The Bertz CT molecular complexity index is 1110. The molecule has 0 amide bonds. The molecular weight excluding hydrogens is 503 g/mol. The maximum atomic E-state index is 12.1. The van der Waals surface area contributed by atoms with Gasteiger partial charge in [-0.05, 0) is 0 Å². The van der Waals surface area contributed by atoms with Crippen LogP contribution in [0.1, 0.15) is 18.2 Å². The van der Waals surface area contributed by atoms with E-state index < -0.39 is 60.8 Å². The standard InChI is InChI=1S/C12H18N3O14P3/c13-11-7(2-1-3-16)5-15(12(18)14-11)10-4-8(17)9(27-10)6-26-31(22,23)29-32(24,25)28-30(19,20)21/h5,8-10,16-17H,3-4,6H2,(H,22,23)(H,24,25)(H2,13,14,18)(H2,19,20,21)/t8-,9+,10+/m0/s1. The van der Waals surface area contributed by atoms with Gasteiger partial charge in [0.05, 0.1) is 18.3 Å². The Kier molecular flexibility index (Phi) is 8.54. The van der Waals surface area contributed by atoms with Crippen LogP contribution in [0.2, 0.25) is 0 Å². The molecule has 1 saturated heterocycles. The molecule has 1 aromatic heterocycles. The zero-order chi connectivity index (χ0) is 24.3. The van der Waals surface area contributed by atoms with Crippen LogP contribution in [-0.2, 0) is 31.6 Å². The van der Waals surface area contributed by atoms with E-state index in [1.807, 2.05) is 0 Å². The molecule has 0 spiro atoms. The molecule has 1 aromatic rings. The Morgan fingerprint density at radius 1 is 1.22 bits per heavy atom. The molecule has 8 N–H and O–H groups in total. The van der Waals surface area contributed by atoms with Gasteiger partial charge < -0.3 is 40.3 Å². The summed E-state index contributed by atoms with van der Waals surface area (Å²) in [6, 6.07) is 0. The zero-order valence-corrected chi connectivity index (χ0v) is 18.4. The third kappa shape index (κ3) is 7.84.